The van der Waals surface area contributed by atoms with Crippen LogP contribution in [0.1, 0.15) is 54.9 Å². The number of rotatable bonds is 17. The van der Waals surface area contributed by atoms with Crippen LogP contribution in [-0.2, 0) is 20.9 Å². The predicted molar refractivity (Wildman–Crippen MR) is 232 cm³/mol. The number of aromatic hydroxyl groups is 1. The number of methoxy groups -OCH3 is 1. The van der Waals surface area contributed by atoms with Gasteiger partial charge in [-0.2, -0.15) is 0 Å². The molecule has 0 saturated carbocycles. The smallest absolute Gasteiger partial charge is 0.411 e. The summed E-state index contributed by atoms with van der Waals surface area (Å²) in [6, 6.07) is 27.2. The number of pyridine rings is 1. The Bertz CT molecular complexity index is 2330. The van der Waals surface area contributed by atoms with Gasteiger partial charge >= 0.3 is 6.09 Å². The van der Waals surface area contributed by atoms with Crippen molar-refractivity contribution in [3.8, 4) is 22.6 Å². The molecule has 1 saturated heterocycles. The lowest BCUT2D eigenvalue weighted by atomic mass is 10.0. The molecular formula is C46H54N6O8. The van der Waals surface area contributed by atoms with E-state index in [1.807, 2.05) is 67.6 Å². The molecule has 0 unspecified atom stereocenters. The summed E-state index contributed by atoms with van der Waals surface area (Å²) < 4.78 is 11.4. The number of carbonyl (C=O) groups excluding carboxylic acids is 3. The summed E-state index contributed by atoms with van der Waals surface area (Å²) >= 11 is 0. The van der Waals surface area contributed by atoms with Gasteiger partial charge < -0.3 is 45.1 Å². The number of anilines is 2. The van der Waals surface area contributed by atoms with Gasteiger partial charge in [0.05, 0.1) is 24.4 Å². The van der Waals surface area contributed by atoms with Crippen LogP contribution in [0, 0.1) is 6.92 Å². The van der Waals surface area contributed by atoms with Crippen LogP contribution in [0.2, 0.25) is 0 Å². The predicted octanol–water partition coefficient (Wildman–Crippen LogP) is 6.32. The maximum Gasteiger partial charge on any atom is 0.411 e. The Balaban J connectivity index is 0.877. The quantitative estimate of drug-likeness (QED) is 0.0621. The fraction of sp³-hybridized carbons (Fsp3) is 0.348. The molecule has 14 nitrogen and oxygen atoms in total. The number of piperidine rings is 1. The van der Waals surface area contributed by atoms with E-state index in [-0.39, 0.29) is 47.7 Å². The molecule has 0 bridgehead atoms. The van der Waals surface area contributed by atoms with E-state index in [0.29, 0.717) is 73.4 Å². The topological polar surface area (TPSA) is 186 Å². The van der Waals surface area contributed by atoms with Gasteiger partial charge in [-0.1, -0.05) is 54.6 Å². The van der Waals surface area contributed by atoms with Crippen LogP contribution in [0.15, 0.2) is 95.8 Å². The number of phenolic OH excluding ortho intramolecular Hbond substituents is 1. The van der Waals surface area contributed by atoms with Gasteiger partial charge in [0.25, 0.3) is 0 Å². The van der Waals surface area contributed by atoms with Crippen LogP contribution in [0.3, 0.4) is 0 Å². The first-order valence-corrected chi connectivity index (χ1v) is 20.3. The summed E-state index contributed by atoms with van der Waals surface area (Å²) in [7, 11) is 3.31. The standard InChI is InChI=1S/C46H54N6O8/c1-30-26-32(28-47-29-40(54)35-15-17-39(53)45-36(35)16-18-43(56)50-45)41(59-3)27-38(30)48-42(55)14-9-22-51(2)44(57)21-25-52-23-19-33(20-24-52)60-46(58)49-37-13-8-7-12-34(37)31-10-5-4-6-11-31/h4-8,10-13,15-18,26-27,33,40,47,53-54H,9,14,19-25,28-29H2,1-3H3,(H,48,55)(H,49,58)(H,50,56)/t40-/m0/s1. The molecular weight excluding hydrogens is 765 g/mol. The molecule has 5 aromatic rings. The molecule has 1 aliphatic heterocycles. The third kappa shape index (κ3) is 11.5. The van der Waals surface area contributed by atoms with Crippen molar-refractivity contribution in [1.82, 2.24) is 20.1 Å². The third-order valence-electron chi connectivity index (χ3n) is 10.8. The Morgan fingerprint density at radius 1 is 0.933 bits per heavy atom. The van der Waals surface area contributed by atoms with Crippen molar-refractivity contribution < 1.29 is 34.1 Å². The molecule has 0 radical (unpaired) electrons. The molecule has 60 heavy (non-hydrogen) atoms. The second-order valence-electron chi connectivity index (χ2n) is 15.1. The highest BCUT2D eigenvalue weighted by atomic mass is 16.6. The van der Waals surface area contributed by atoms with E-state index in [4.69, 9.17) is 9.47 Å². The number of aryl methyl sites for hydroxylation is 1. The van der Waals surface area contributed by atoms with Gasteiger partial charge in [-0.15, -0.1) is 0 Å². The van der Waals surface area contributed by atoms with Crippen molar-refractivity contribution in [2.24, 2.45) is 0 Å². The molecule has 1 aliphatic rings. The number of amides is 3. The monoisotopic (exact) mass is 818 g/mol. The van der Waals surface area contributed by atoms with E-state index in [2.05, 4.69) is 25.8 Å². The van der Waals surface area contributed by atoms with Gasteiger partial charge in [-0.3, -0.25) is 19.7 Å². The van der Waals surface area contributed by atoms with Crippen molar-refractivity contribution >= 4 is 40.2 Å². The number of aliphatic hydroxyl groups is 1. The van der Waals surface area contributed by atoms with Crippen molar-refractivity contribution in [1.29, 1.82) is 0 Å². The lowest BCUT2D eigenvalue weighted by molar-refractivity contribution is -0.130. The van der Waals surface area contributed by atoms with E-state index >= 15 is 0 Å². The second kappa shape index (κ2) is 20.7. The van der Waals surface area contributed by atoms with Gasteiger partial charge in [0, 0.05) is 93.5 Å². The molecule has 6 rings (SSSR count). The normalized spacial score (nSPS) is 13.7. The molecule has 14 heteroatoms. The molecule has 1 aromatic heterocycles. The van der Waals surface area contributed by atoms with Gasteiger partial charge in [-0.25, -0.2) is 4.79 Å². The molecule has 1 fully saturated rings. The summed E-state index contributed by atoms with van der Waals surface area (Å²) in [5.41, 5.74) is 5.41. The largest absolute Gasteiger partial charge is 0.506 e. The number of phenols is 1. The lowest BCUT2D eigenvalue weighted by Crippen LogP contribution is -2.40. The van der Waals surface area contributed by atoms with E-state index in [1.165, 1.54) is 12.1 Å². The second-order valence-corrected chi connectivity index (χ2v) is 15.1. The van der Waals surface area contributed by atoms with E-state index in [0.717, 1.165) is 35.3 Å². The number of aromatic amines is 1. The fourth-order valence-electron chi connectivity index (χ4n) is 7.48. The van der Waals surface area contributed by atoms with Crippen molar-refractivity contribution in [2.45, 2.75) is 57.8 Å². The van der Waals surface area contributed by atoms with E-state index in [9.17, 15) is 29.4 Å². The number of fused-ring (bicyclic) bond motifs is 1. The Labute approximate surface area is 349 Å². The van der Waals surface area contributed by atoms with Crippen molar-refractivity contribution in [2.75, 3.05) is 57.5 Å². The number of hydrogen-bond donors (Lipinski definition) is 6. The minimum Gasteiger partial charge on any atom is -0.506 e. The first-order chi connectivity index (χ1) is 29.0. The number of aliphatic hydroxyl groups excluding tert-OH is 1. The highest BCUT2D eigenvalue weighted by Crippen LogP contribution is 2.31. The average Bonchev–Trinajstić information content (AvgIpc) is 3.24. The maximum absolute atomic E-state index is 12.9. The number of para-hydroxylation sites is 1. The number of nitrogens with zero attached hydrogens (tertiary/aromatic N) is 2. The van der Waals surface area contributed by atoms with E-state index < -0.39 is 12.2 Å². The minimum absolute atomic E-state index is 0.00954. The van der Waals surface area contributed by atoms with Gasteiger partial charge in [0.15, 0.2) is 0 Å². The number of aromatic nitrogens is 1. The van der Waals surface area contributed by atoms with Crippen molar-refractivity contribution in [3.63, 3.8) is 0 Å². The molecule has 316 valence electrons. The number of nitrogens with one attached hydrogen (secondary N) is 4. The van der Waals surface area contributed by atoms with Crippen LogP contribution >= 0.6 is 0 Å². The zero-order valence-electron chi connectivity index (χ0n) is 34.3. The summed E-state index contributed by atoms with van der Waals surface area (Å²) in [6.07, 6.45) is 0.885. The Hall–Kier alpha value is -6.22. The number of hydrogen-bond acceptors (Lipinski definition) is 10. The van der Waals surface area contributed by atoms with Crippen molar-refractivity contribution in [3.05, 3.63) is 118 Å². The Kier molecular flexibility index (Phi) is 14.9. The Morgan fingerprint density at radius 2 is 1.68 bits per heavy atom. The van der Waals surface area contributed by atoms with Crippen LogP contribution in [0.25, 0.3) is 22.0 Å². The summed E-state index contributed by atoms with van der Waals surface area (Å²) in [6.45, 7) is 4.97. The number of H-pyrrole nitrogens is 1. The average molecular weight is 819 g/mol. The van der Waals surface area contributed by atoms with Crippen LogP contribution in [0.4, 0.5) is 16.2 Å². The molecule has 0 spiro atoms. The Morgan fingerprint density at radius 3 is 2.45 bits per heavy atom. The molecule has 6 N–H and O–H groups in total. The number of likely N-dealkylation sites (tertiary alicyclic amines) is 1. The zero-order chi connectivity index (χ0) is 42.6. The summed E-state index contributed by atoms with van der Waals surface area (Å²) in [5.74, 6) is 0.335. The van der Waals surface area contributed by atoms with E-state index in [1.54, 1.807) is 37.3 Å². The number of carbonyl (C=O) groups is 3. The SMILES string of the molecule is COc1cc(NC(=O)CCCN(C)C(=O)CCN2CCC(OC(=O)Nc3ccccc3-c3ccccc3)CC2)c(C)cc1CNC[C@H](O)c1ccc(O)c2[nH]c(=O)ccc12. The van der Waals surface area contributed by atoms with Crippen LogP contribution in [0.5, 0.6) is 11.5 Å². The fourth-order valence-corrected chi connectivity index (χ4v) is 7.48. The van der Waals surface area contributed by atoms with Gasteiger partial charge in [0.2, 0.25) is 17.4 Å². The number of ether oxygens (including phenoxy) is 2. The van der Waals surface area contributed by atoms with Gasteiger partial charge in [-0.05, 0) is 67.1 Å². The summed E-state index contributed by atoms with van der Waals surface area (Å²) in [5, 5.41) is 30.8. The van der Waals surface area contributed by atoms with Crippen LogP contribution in [-0.4, -0.2) is 95.9 Å². The third-order valence-corrected chi connectivity index (χ3v) is 10.8. The minimum atomic E-state index is -0.916. The molecule has 1 atom stereocenters. The lowest BCUT2D eigenvalue weighted by Gasteiger charge is -2.31. The highest BCUT2D eigenvalue weighted by Gasteiger charge is 2.24. The molecule has 4 aromatic carbocycles. The molecule has 3 amide bonds. The maximum atomic E-state index is 12.9. The van der Waals surface area contributed by atoms with Crippen LogP contribution < -0.4 is 26.2 Å². The zero-order valence-corrected chi connectivity index (χ0v) is 34.3. The highest BCUT2D eigenvalue weighted by molar-refractivity contribution is 5.92. The number of benzene rings is 4. The molecule has 2 heterocycles. The first-order valence-electron chi connectivity index (χ1n) is 20.3. The molecule has 0 aliphatic carbocycles. The first kappa shape index (κ1) is 43.4. The van der Waals surface area contributed by atoms with Gasteiger partial charge in [0.1, 0.15) is 17.6 Å². The summed E-state index contributed by atoms with van der Waals surface area (Å²) in [4.78, 5) is 56.9.